The van der Waals surface area contributed by atoms with E-state index in [1.807, 2.05) is 54.6 Å². The molecular formula is C17H16O3. The first-order chi connectivity index (χ1) is 9.63. The average molecular weight is 268 g/mol. The van der Waals surface area contributed by atoms with Crippen LogP contribution in [0.4, 0.5) is 0 Å². The Balaban J connectivity index is 2.64. The lowest BCUT2D eigenvalue weighted by Gasteiger charge is -2.12. The largest absolute Gasteiger partial charge is 0.497 e. The van der Waals surface area contributed by atoms with Crippen LogP contribution in [0.3, 0.4) is 0 Å². The van der Waals surface area contributed by atoms with Crippen molar-refractivity contribution in [3.63, 3.8) is 0 Å². The SMILES string of the molecule is COc1cccc(C(=C(C)C(=O)O)c2ccccc2)c1. The van der Waals surface area contributed by atoms with Crippen molar-refractivity contribution < 1.29 is 14.6 Å². The Bertz CT molecular complexity index is 642. The number of hydrogen-bond acceptors (Lipinski definition) is 2. The van der Waals surface area contributed by atoms with Gasteiger partial charge < -0.3 is 9.84 Å². The van der Waals surface area contributed by atoms with Gasteiger partial charge in [0.2, 0.25) is 0 Å². The molecule has 2 rings (SSSR count). The van der Waals surface area contributed by atoms with E-state index >= 15 is 0 Å². The molecule has 0 aromatic heterocycles. The fourth-order valence-electron chi connectivity index (χ4n) is 2.09. The third kappa shape index (κ3) is 2.88. The van der Waals surface area contributed by atoms with E-state index in [0.29, 0.717) is 16.9 Å². The fourth-order valence-corrected chi connectivity index (χ4v) is 2.09. The normalized spacial score (nSPS) is 11.7. The molecule has 0 radical (unpaired) electrons. The Labute approximate surface area is 118 Å². The molecule has 0 unspecified atom stereocenters. The predicted octanol–water partition coefficient (Wildman–Crippen LogP) is 3.60. The summed E-state index contributed by atoms with van der Waals surface area (Å²) in [4.78, 5) is 11.4. The van der Waals surface area contributed by atoms with E-state index in [-0.39, 0.29) is 0 Å². The molecule has 102 valence electrons. The van der Waals surface area contributed by atoms with Crippen LogP contribution in [-0.4, -0.2) is 18.2 Å². The van der Waals surface area contributed by atoms with E-state index in [2.05, 4.69) is 0 Å². The number of rotatable bonds is 4. The van der Waals surface area contributed by atoms with E-state index in [1.54, 1.807) is 14.0 Å². The number of hydrogen-bond donors (Lipinski definition) is 1. The molecular weight excluding hydrogens is 252 g/mol. The molecule has 0 fully saturated rings. The maximum absolute atomic E-state index is 11.4. The number of ether oxygens (including phenoxy) is 1. The van der Waals surface area contributed by atoms with Crippen molar-refractivity contribution in [3.05, 3.63) is 71.3 Å². The zero-order valence-electron chi connectivity index (χ0n) is 11.5. The first-order valence-corrected chi connectivity index (χ1v) is 6.27. The molecule has 3 nitrogen and oxygen atoms in total. The van der Waals surface area contributed by atoms with Gasteiger partial charge in [0.1, 0.15) is 5.75 Å². The monoisotopic (exact) mass is 268 g/mol. The van der Waals surface area contributed by atoms with Gasteiger partial charge in [0.25, 0.3) is 0 Å². The zero-order chi connectivity index (χ0) is 14.5. The fraction of sp³-hybridized carbons (Fsp3) is 0.118. The van der Waals surface area contributed by atoms with Crippen LogP contribution in [0.2, 0.25) is 0 Å². The molecule has 3 heteroatoms. The summed E-state index contributed by atoms with van der Waals surface area (Å²) in [6.45, 7) is 1.62. The van der Waals surface area contributed by atoms with Crippen molar-refractivity contribution in [2.24, 2.45) is 0 Å². The second-order valence-corrected chi connectivity index (χ2v) is 4.40. The van der Waals surface area contributed by atoms with Gasteiger partial charge in [-0.3, -0.25) is 0 Å². The van der Waals surface area contributed by atoms with Crippen molar-refractivity contribution in [1.29, 1.82) is 0 Å². The van der Waals surface area contributed by atoms with Gasteiger partial charge in [-0.25, -0.2) is 4.79 Å². The Kier molecular flexibility index (Phi) is 4.20. The molecule has 0 aliphatic carbocycles. The molecule has 2 aromatic rings. The van der Waals surface area contributed by atoms with Gasteiger partial charge in [0.15, 0.2) is 0 Å². The summed E-state index contributed by atoms with van der Waals surface area (Å²) in [6.07, 6.45) is 0. The summed E-state index contributed by atoms with van der Waals surface area (Å²) < 4.78 is 5.21. The average Bonchev–Trinajstić information content (AvgIpc) is 2.48. The minimum atomic E-state index is -0.924. The summed E-state index contributed by atoms with van der Waals surface area (Å²) >= 11 is 0. The third-order valence-corrected chi connectivity index (χ3v) is 3.12. The molecule has 0 amide bonds. The number of carboxylic acids is 1. The number of methoxy groups -OCH3 is 1. The Morgan fingerprint density at radius 1 is 1.00 bits per heavy atom. The molecule has 0 saturated carbocycles. The first kappa shape index (κ1) is 13.9. The van der Waals surface area contributed by atoms with Gasteiger partial charge in [-0.15, -0.1) is 0 Å². The van der Waals surface area contributed by atoms with Gasteiger partial charge in [-0.1, -0.05) is 42.5 Å². The molecule has 0 spiro atoms. The van der Waals surface area contributed by atoms with Crippen LogP contribution in [0.25, 0.3) is 5.57 Å². The van der Waals surface area contributed by atoms with Crippen molar-refractivity contribution in [2.75, 3.05) is 7.11 Å². The molecule has 20 heavy (non-hydrogen) atoms. The summed E-state index contributed by atoms with van der Waals surface area (Å²) in [5.74, 6) is -0.221. The van der Waals surface area contributed by atoms with Crippen LogP contribution in [0.5, 0.6) is 5.75 Å². The molecule has 0 atom stereocenters. The van der Waals surface area contributed by atoms with Crippen LogP contribution in [0.1, 0.15) is 18.1 Å². The van der Waals surface area contributed by atoms with E-state index in [1.165, 1.54) is 0 Å². The Morgan fingerprint density at radius 2 is 1.65 bits per heavy atom. The predicted molar refractivity (Wildman–Crippen MR) is 78.8 cm³/mol. The zero-order valence-corrected chi connectivity index (χ0v) is 11.5. The highest BCUT2D eigenvalue weighted by molar-refractivity contribution is 6.00. The highest BCUT2D eigenvalue weighted by Gasteiger charge is 2.14. The molecule has 0 bridgehead atoms. The van der Waals surface area contributed by atoms with Crippen molar-refractivity contribution in [2.45, 2.75) is 6.92 Å². The van der Waals surface area contributed by atoms with Crippen LogP contribution in [-0.2, 0) is 4.79 Å². The molecule has 0 aliphatic rings. The number of benzene rings is 2. The van der Waals surface area contributed by atoms with Crippen LogP contribution in [0.15, 0.2) is 60.2 Å². The smallest absolute Gasteiger partial charge is 0.331 e. The minimum Gasteiger partial charge on any atom is -0.497 e. The minimum absolute atomic E-state index is 0.310. The third-order valence-electron chi connectivity index (χ3n) is 3.12. The van der Waals surface area contributed by atoms with E-state index in [0.717, 1.165) is 11.1 Å². The van der Waals surface area contributed by atoms with Crippen molar-refractivity contribution >= 4 is 11.5 Å². The first-order valence-electron chi connectivity index (χ1n) is 6.27. The quantitative estimate of drug-likeness (QED) is 0.862. The topological polar surface area (TPSA) is 46.5 Å². The van der Waals surface area contributed by atoms with Crippen LogP contribution < -0.4 is 4.74 Å². The Morgan fingerprint density at radius 3 is 2.25 bits per heavy atom. The number of aliphatic carboxylic acids is 1. The second kappa shape index (κ2) is 6.06. The summed E-state index contributed by atoms with van der Waals surface area (Å²) in [5.41, 5.74) is 2.72. The van der Waals surface area contributed by atoms with Crippen molar-refractivity contribution in [3.8, 4) is 5.75 Å². The van der Waals surface area contributed by atoms with Crippen molar-refractivity contribution in [1.82, 2.24) is 0 Å². The standard InChI is InChI=1S/C17H16O3/c1-12(17(18)19)16(13-7-4-3-5-8-13)14-9-6-10-15(11-14)20-2/h3-11H,1-2H3,(H,18,19). The highest BCUT2D eigenvalue weighted by Crippen LogP contribution is 2.29. The Hall–Kier alpha value is -2.55. The molecule has 1 N–H and O–H groups in total. The van der Waals surface area contributed by atoms with Gasteiger partial charge >= 0.3 is 5.97 Å². The van der Waals surface area contributed by atoms with E-state index in [9.17, 15) is 9.90 Å². The number of carbonyl (C=O) groups is 1. The summed E-state index contributed by atoms with van der Waals surface area (Å²) in [7, 11) is 1.59. The maximum atomic E-state index is 11.4. The lowest BCUT2D eigenvalue weighted by molar-refractivity contribution is -0.132. The second-order valence-electron chi connectivity index (χ2n) is 4.40. The number of carboxylic acid groups (broad SMARTS) is 1. The van der Waals surface area contributed by atoms with Gasteiger partial charge in [0, 0.05) is 5.57 Å². The van der Waals surface area contributed by atoms with Gasteiger partial charge in [-0.05, 0) is 35.8 Å². The lowest BCUT2D eigenvalue weighted by atomic mass is 9.93. The van der Waals surface area contributed by atoms with Gasteiger partial charge in [-0.2, -0.15) is 0 Å². The molecule has 2 aromatic carbocycles. The molecule has 0 heterocycles. The van der Waals surface area contributed by atoms with Crippen LogP contribution in [0, 0.1) is 0 Å². The maximum Gasteiger partial charge on any atom is 0.331 e. The van der Waals surface area contributed by atoms with Crippen LogP contribution >= 0.6 is 0 Å². The van der Waals surface area contributed by atoms with E-state index in [4.69, 9.17) is 4.74 Å². The molecule has 0 saturated heterocycles. The summed E-state index contributed by atoms with van der Waals surface area (Å²) in [6, 6.07) is 16.9. The summed E-state index contributed by atoms with van der Waals surface area (Å²) in [5, 5.41) is 9.31. The highest BCUT2D eigenvalue weighted by atomic mass is 16.5. The van der Waals surface area contributed by atoms with E-state index < -0.39 is 5.97 Å². The molecule has 0 aliphatic heterocycles. The lowest BCUT2D eigenvalue weighted by Crippen LogP contribution is -2.02. The van der Waals surface area contributed by atoms with Gasteiger partial charge in [0.05, 0.1) is 7.11 Å².